The Morgan fingerprint density at radius 3 is 2.36 bits per heavy atom. The van der Waals surface area contributed by atoms with Gasteiger partial charge in [-0.2, -0.15) is 0 Å². The Balaban J connectivity index is 2.07. The molecule has 4 heteroatoms. The van der Waals surface area contributed by atoms with E-state index in [1.54, 1.807) is 25.3 Å². The van der Waals surface area contributed by atoms with Gasteiger partial charge in [0.25, 0.3) is 0 Å². The van der Waals surface area contributed by atoms with E-state index in [0.29, 0.717) is 5.56 Å². The van der Waals surface area contributed by atoms with Crippen molar-refractivity contribution in [1.82, 2.24) is 5.32 Å². The van der Waals surface area contributed by atoms with E-state index < -0.39 is 6.10 Å². The monoisotopic (exact) mass is 303 g/mol. The van der Waals surface area contributed by atoms with Gasteiger partial charge in [0.15, 0.2) is 0 Å². The largest absolute Gasteiger partial charge is 0.496 e. The third kappa shape index (κ3) is 3.84. The maximum absolute atomic E-state index is 13.7. The van der Waals surface area contributed by atoms with Gasteiger partial charge in [0.05, 0.1) is 13.2 Å². The smallest absolute Gasteiger partial charge is 0.129 e. The van der Waals surface area contributed by atoms with E-state index in [0.717, 1.165) is 17.7 Å². The summed E-state index contributed by atoms with van der Waals surface area (Å²) in [6.45, 7) is 2.33. The maximum Gasteiger partial charge on any atom is 0.129 e. The fraction of sp³-hybridized carbons (Fsp3) is 0.333. The van der Waals surface area contributed by atoms with Gasteiger partial charge in [0, 0.05) is 23.7 Å². The second kappa shape index (κ2) is 7.92. The zero-order chi connectivity index (χ0) is 15.9. The zero-order valence-corrected chi connectivity index (χ0v) is 12.9. The standard InChI is InChI=1S/C18H22FNO2/c1-3-16(14-9-5-7-11-18(14)22-2)20-12-17(21)13-8-4-6-10-15(13)19/h4-11,16-17,20-21H,3,12H2,1-2H3. The van der Waals surface area contributed by atoms with Gasteiger partial charge in [-0.25, -0.2) is 4.39 Å². The number of methoxy groups -OCH3 is 1. The molecule has 0 aliphatic rings. The fourth-order valence-electron chi connectivity index (χ4n) is 2.54. The van der Waals surface area contributed by atoms with Crippen LogP contribution in [-0.4, -0.2) is 18.8 Å². The number of halogens is 1. The molecule has 0 bridgehead atoms. The molecule has 3 nitrogen and oxygen atoms in total. The van der Waals surface area contributed by atoms with Crippen molar-refractivity contribution in [3.05, 3.63) is 65.5 Å². The quantitative estimate of drug-likeness (QED) is 0.821. The number of benzene rings is 2. The number of aliphatic hydroxyl groups is 1. The van der Waals surface area contributed by atoms with Crippen LogP contribution in [0.15, 0.2) is 48.5 Å². The van der Waals surface area contributed by atoms with E-state index in [1.807, 2.05) is 24.3 Å². The zero-order valence-electron chi connectivity index (χ0n) is 12.9. The van der Waals surface area contributed by atoms with E-state index in [4.69, 9.17) is 4.74 Å². The average Bonchev–Trinajstić information content (AvgIpc) is 2.56. The molecule has 2 rings (SSSR count). The first-order valence-electron chi connectivity index (χ1n) is 7.46. The van der Waals surface area contributed by atoms with E-state index in [-0.39, 0.29) is 18.4 Å². The molecular weight excluding hydrogens is 281 g/mol. The first-order valence-corrected chi connectivity index (χ1v) is 7.46. The van der Waals surface area contributed by atoms with Crippen molar-refractivity contribution in [3.8, 4) is 5.75 Å². The highest BCUT2D eigenvalue weighted by molar-refractivity contribution is 5.35. The van der Waals surface area contributed by atoms with Gasteiger partial charge in [-0.15, -0.1) is 0 Å². The Kier molecular flexibility index (Phi) is 5.92. The Hall–Kier alpha value is -1.91. The van der Waals surface area contributed by atoms with Crippen molar-refractivity contribution in [2.75, 3.05) is 13.7 Å². The van der Waals surface area contributed by atoms with Gasteiger partial charge in [0.1, 0.15) is 11.6 Å². The van der Waals surface area contributed by atoms with Gasteiger partial charge in [0.2, 0.25) is 0 Å². The number of hydrogen-bond donors (Lipinski definition) is 2. The van der Waals surface area contributed by atoms with Crippen LogP contribution in [0.1, 0.15) is 36.6 Å². The summed E-state index contributed by atoms with van der Waals surface area (Å²) in [6.07, 6.45) is -0.0466. The summed E-state index contributed by atoms with van der Waals surface area (Å²) in [6, 6.07) is 14.1. The molecule has 0 radical (unpaired) electrons. The van der Waals surface area contributed by atoms with Gasteiger partial charge < -0.3 is 15.2 Å². The molecule has 0 aromatic heterocycles. The Morgan fingerprint density at radius 1 is 1.09 bits per heavy atom. The van der Waals surface area contributed by atoms with Crippen molar-refractivity contribution in [1.29, 1.82) is 0 Å². The highest BCUT2D eigenvalue weighted by Crippen LogP contribution is 2.27. The average molecular weight is 303 g/mol. The number of para-hydroxylation sites is 1. The summed E-state index contributed by atoms with van der Waals surface area (Å²) >= 11 is 0. The Morgan fingerprint density at radius 2 is 1.73 bits per heavy atom. The molecule has 2 aromatic rings. The van der Waals surface area contributed by atoms with Crippen molar-refractivity contribution >= 4 is 0 Å². The number of rotatable bonds is 7. The molecule has 0 spiro atoms. The second-order valence-electron chi connectivity index (χ2n) is 5.15. The number of aliphatic hydroxyl groups excluding tert-OH is 1. The molecule has 0 saturated carbocycles. The van der Waals surface area contributed by atoms with E-state index in [9.17, 15) is 9.50 Å². The third-order valence-electron chi connectivity index (χ3n) is 3.74. The summed E-state index contributed by atoms with van der Waals surface area (Å²) in [5.74, 6) is 0.421. The van der Waals surface area contributed by atoms with Crippen LogP contribution in [-0.2, 0) is 0 Å². The van der Waals surface area contributed by atoms with E-state index in [2.05, 4.69) is 12.2 Å². The van der Waals surface area contributed by atoms with E-state index >= 15 is 0 Å². The van der Waals surface area contributed by atoms with Crippen LogP contribution < -0.4 is 10.1 Å². The minimum absolute atomic E-state index is 0.0394. The van der Waals surface area contributed by atoms with Crippen LogP contribution in [0.25, 0.3) is 0 Å². The number of hydrogen-bond acceptors (Lipinski definition) is 3. The molecule has 0 fully saturated rings. The maximum atomic E-state index is 13.7. The molecule has 22 heavy (non-hydrogen) atoms. The van der Waals surface area contributed by atoms with Crippen molar-refractivity contribution in [3.63, 3.8) is 0 Å². The molecule has 0 aliphatic heterocycles. The minimum atomic E-state index is -0.884. The van der Waals surface area contributed by atoms with Gasteiger partial charge in [-0.05, 0) is 18.6 Å². The lowest BCUT2D eigenvalue weighted by Crippen LogP contribution is -2.26. The first kappa shape index (κ1) is 16.5. The Bertz CT molecular complexity index is 603. The van der Waals surface area contributed by atoms with Crippen molar-refractivity contribution in [2.45, 2.75) is 25.5 Å². The van der Waals surface area contributed by atoms with E-state index in [1.165, 1.54) is 6.07 Å². The topological polar surface area (TPSA) is 41.5 Å². The summed E-state index contributed by atoms with van der Waals surface area (Å²) < 4.78 is 19.1. The van der Waals surface area contributed by atoms with Crippen LogP contribution >= 0.6 is 0 Å². The molecule has 2 aromatic carbocycles. The third-order valence-corrected chi connectivity index (χ3v) is 3.74. The molecule has 0 aliphatic carbocycles. The van der Waals surface area contributed by atoms with Crippen LogP contribution in [0.4, 0.5) is 4.39 Å². The first-order chi connectivity index (χ1) is 10.7. The predicted octanol–water partition coefficient (Wildman–Crippen LogP) is 3.61. The molecule has 0 saturated heterocycles. The minimum Gasteiger partial charge on any atom is -0.496 e. The molecule has 2 N–H and O–H groups in total. The van der Waals surface area contributed by atoms with Crippen LogP contribution in [0.5, 0.6) is 5.75 Å². The van der Waals surface area contributed by atoms with Crippen molar-refractivity contribution in [2.24, 2.45) is 0 Å². The molecule has 0 heterocycles. The molecule has 2 atom stereocenters. The summed E-state index contributed by atoms with van der Waals surface area (Å²) in [7, 11) is 1.64. The predicted molar refractivity (Wildman–Crippen MR) is 85.4 cm³/mol. The lowest BCUT2D eigenvalue weighted by atomic mass is 10.0. The lowest BCUT2D eigenvalue weighted by molar-refractivity contribution is 0.164. The van der Waals surface area contributed by atoms with Gasteiger partial charge in [-0.1, -0.05) is 43.3 Å². The molecular formula is C18H22FNO2. The SMILES string of the molecule is CCC(NCC(O)c1ccccc1F)c1ccccc1OC. The normalized spacial score (nSPS) is 13.6. The van der Waals surface area contributed by atoms with Crippen LogP contribution in [0.2, 0.25) is 0 Å². The number of nitrogens with one attached hydrogen (secondary N) is 1. The fourth-order valence-corrected chi connectivity index (χ4v) is 2.54. The summed E-state index contributed by atoms with van der Waals surface area (Å²) in [5.41, 5.74) is 1.35. The summed E-state index contributed by atoms with van der Waals surface area (Å²) in [4.78, 5) is 0. The molecule has 2 unspecified atom stereocenters. The molecule has 118 valence electrons. The second-order valence-corrected chi connectivity index (χ2v) is 5.15. The molecule has 0 amide bonds. The Labute approximate surface area is 130 Å². The van der Waals surface area contributed by atoms with Gasteiger partial charge in [-0.3, -0.25) is 0 Å². The van der Waals surface area contributed by atoms with Crippen LogP contribution in [0, 0.1) is 5.82 Å². The van der Waals surface area contributed by atoms with Crippen molar-refractivity contribution < 1.29 is 14.2 Å². The highest BCUT2D eigenvalue weighted by atomic mass is 19.1. The number of ether oxygens (including phenoxy) is 1. The highest BCUT2D eigenvalue weighted by Gasteiger charge is 2.17. The lowest BCUT2D eigenvalue weighted by Gasteiger charge is -2.22. The summed E-state index contributed by atoms with van der Waals surface area (Å²) in [5, 5.41) is 13.5. The van der Waals surface area contributed by atoms with Crippen LogP contribution in [0.3, 0.4) is 0 Å². The van der Waals surface area contributed by atoms with Gasteiger partial charge >= 0.3 is 0 Å².